The molecule has 0 fully saturated rings. The molecule has 2 N–H and O–H groups in total. The molecule has 2 aromatic rings. The molecule has 2 aromatic heterocycles. The fourth-order valence-electron chi connectivity index (χ4n) is 2.02. The second kappa shape index (κ2) is 6.78. The molecule has 0 aliphatic carbocycles. The van der Waals surface area contributed by atoms with E-state index in [9.17, 15) is 4.79 Å². The molecule has 8 heteroatoms. The maximum Gasteiger partial charge on any atom is 0.221 e. The molecule has 0 saturated heterocycles. The third-order valence-corrected chi connectivity index (χ3v) is 3.17. The van der Waals surface area contributed by atoms with Crippen molar-refractivity contribution in [2.45, 2.75) is 39.7 Å². The summed E-state index contributed by atoms with van der Waals surface area (Å²) in [6, 6.07) is 0. The summed E-state index contributed by atoms with van der Waals surface area (Å²) in [5.41, 5.74) is 3.38. The van der Waals surface area contributed by atoms with Crippen molar-refractivity contribution in [3.8, 4) is 0 Å². The van der Waals surface area contributed by atoms with Crippen LogP contribution in [0.15, 0.2) is 6.33 Å². The summed E-state index contributed by atoms with van der Waals surface area (Å²) in [6.45, 7) is 5.17. The molecular formula is C12H19N7O. The SMILES string of the molecule is Cc1n[nH]c(C)c1CCCNC(=O)CCn1cnnn1. The van der Waals surface area contributed by atoms with Gasteiger partial charge in [-0.25, -0.2) is 4.68 Å². The highest BCUT2D eigenvalue weighted by molar-refractivity contribution is 5.75. The molecule has 0 aliphatic rings. The first-order valence-corrected chi connectivity index (χ1v) is 6.64. The van der Waals surface area contributed by atoms with Gasteiger partial charge < -0.3 is 5.32 Å². The van der Waals surface area contributed by atoms with Crippen LogP contribution in [0.5, 0.6) is 0 Å². The molecule has 0 bridgehead atoms. The molecular weight excluding hydrogens is 258 g/mol. The van der Waals surface area contributed by atoms with Gasteiger partial charge in [0.25, 0.3) is 0 Å². The summed E-state index contributed by atoms with van der Waals surface area (Å²) in [4.78, 5) is 11.6. The number of hydrogen-bond donors (Lipinski definition) is 2. The van der Waals surface area contributed by atoms with Gasteiger partial charge in [-0.2, -0.15) is 5.10 Å². The number of nitrogens with one attached hydrogen (secondary N) is 2. The first-order chi connectivity index (χ1) is 9.66. The van der Waals surface area contributed by atoms with Crippen LogP contribution in [-0.4, -0.2) is 42.9 Å². The van der Waals surface area contributed by atoms with Crippen molar-refractivity contribution in [2.24, 2.45) is 0 Å². The van der Waals surface area contributed by atoms with Crippen LogP contribution in [0.25, 0.3) is 0 Å². The number of aromatic nitrogens is 6. The molecule has 2 heterocycles. The summed E-state index contributed by atoms with van der Waals surface area (Å²) in [6.07, 6.45) is 3.70. The van der Waals surface area contributed by atoms with Crippen molar-refractivity contribution in [2.75, 3.05) is 6.54 Å². The predicted octanol–water partition coefficient (Wildman–Crippen LogP) is 0.152. The summed E-state index contributed by atoms with van der Waals surface area (Å²) >= 11 is 0. The average Bonchev–Trinajstić information content (AvgIpc) is 3.05. The van der Waals surface area contributed by atoms with Crippen molar-refractivity contribution in [3.05, 3.63) is 23.3 Å². The molecule has 0 atom stereocenters. The number of hydrogen-bond acceptors (Lipinski definition) is 5. The molecule has 0 radical (unpaired) electrons. The van der Waals surface area contributed by atoms with Crippen molar-refractivity contribution in [1.82, 2.24) is 35.7 Å². The zero-order chi connectivity index (χ0) is 14.4. The van der Waals surface area contributed by atoms with Crippen LogP contribution in [0, 0.1) is 13.8 Å². The zero-order valence-corrected chi connectivity index (χ0v) is 11.8. The third-order valence-electron chi connectivity index (χ3n) is 3.17. The second-order valence-electron chi connectivity index (χ2n) is 4.69. The Morgan fingerprint density at radius 3 is 2.95 bits per heavy atom. The monoisotopic (exact) mass is 277 g/mol. The van der Waals surface area contributed by atoms with Crippen molar-refractivity contribution < 1.29 is 4.79 Å². The van der Waals surface area contributed by atoms with E-state index in [2.05, 4.69) is 31.0 Å². The van der Waals surface area contributed by atoms with Crippen molar-refractivity contribution in [3.63, 3.8) is 0 Å². The Morgan fingerprint density at radius 1 is 1.45 bits per heavy atom. The molecule has 0 aliphatic heterocycles. The Bertz CT molecular complexity index is 527. The molecule has 1 amide bonds. The van der Waals surface area contributed by atoms with Gasteiger partial charge in [0, 0.05) is 18.7 Å². The summed E-state index contributed by atoms with van der Waals surface area (Å²) < 4.78 is 1.54. The average molecular weight is 277 g/mol. The van der Waals surface area contributed by atoms with E-state index in [1.807, 2.05) is 13.8 Å². The minimum atomic E-state index is 0.0149. The first-order valence-electron chi connectivity index (χ1n) is 6.64. The smallest absolute Gasteiger partial charge is 0.221 e. The number of aryl methyl sites for hydroxylation is 3. The first kappa shape index (κ1) is 14.2. The van der Waals surface area contributed by atoms with Gasteiger partial charge in [0.15, 0.2) is 0 Å². The van der Waals surface area contributed by atoms with E-state index in [1.165, 1.54) is 16.6 Å². The Hall–Kier alpha value is -2.25. The summed E-state index contributed by atoms with van der Waals surface area (Å²) in [7, 11) is 0. The number of amides is 1. The van der Waals surface area contributed by atoms with Gasteiger partial charge in [-0.3, -0.25) is 9.89 Å². The predicted molar refractivity (Wildman–Crippen MR) is 71.8 cm³/mol. The molecule has 0 aromatic carbocycles. The maximum absolute atomic E-state index is 11.6. The van der Waals surface area contributed by atoms with Crippen LogP contribution < -0.4 is 5.32 Å². The van der Waals surface area contributed by atoms with Gasteiger partial charge >= 0.3 is 0 Å². The van der Waals surface area contributed by atoms with E-state index in [0.717, 1.165) is 24.2 Å². The number of nitrogens with zero attached hydrogens (tertiary/aromatic N) is 5. The minimum Gasteiger partial charge on any atom is -0.356 e. The standard InChI is InChI=1S/C12H19N7O/c1-9-11(10(2)16-15-9)4-3-6-13-12(20)5-7-19-8-14-17-18-19/h8H,3-7H2,1-2H3,(H,13,20)(H,15,16). The highest BCUT2D eigenvalue weighted by Crippen LogP contribution is 2.11. The second-order valence-corrected chi connectivity index (χ2v) is 4.69. The van der Waals surface area contributed by atoms with Crippen LogP contribution in [0.1, 0.15) is 29.8 Å². The Morgan fingerprint density at radius 2 is 2.30 bits per heavy atom. The van der Waals surface area contributed by atoms with E-state index in [4.69, 9.17) is 0 Å². The normalized spacial score (nSPS) is 10.7. The van der Waals surface area contributed by atoms with Gasteiger partial charge in [-0.15, -0.1) is 5.10 Å². The molecule has 108 valence electrons. The van der Waals surface area contributed by atoms with E-state index >= 15 is 0 Å². The number of carbonyl (C=O) groups excluding carboxylic acids is 1. The topological polar surface area (TPSA) is 101 Å². The van der Waals surface area contributed by atoms with Gasteiger partial charge in [0.2, 0.25) is 5.91 Å². The van der Waals surface area contributed by atoms with Crippen LogP contribution in [0.3, 0.4) is 0 Å². The number of carbonyl (C=O) groups is 1. The summed E-state index contributed by atoms with van der Waals surface area (Å²) in [5, 5.41) is 20.7. The van der Waals surface area contributed by atoms with Crippen molar-refractivity contribution >= 4 is 5.91 Å². The quantitative estimate of drug-likeness (QED) is 0.702. The molecule has 0 unspecified atom stereocenters. The van der Waals surface area contributed by atoms with E-state index in [1.54, 1.807) is 0 Å². The number of tetrazole rings is 1. The molecule has 0 saturated carbocycles. The van der Waals surface area contributed by atoms with Crippen LogP contribution in [-0.2, 0) is 17.8 Å². The fourth-order valence-corrected chi connectivity index (χ4v) is 2.02. The van der Waals surface area contributed by atoms with Crippen LogP contribution in [0.2, 0.25) is 0 Å². The number of aromatic amines is 1. The van der Waals surface area contributed by atoms with E-state index < -0.39 is 0 Å². The lowest BCUT2D eigenvalue weighted by molar-refractivity contribution is -0.121. The molecule has 20 heavy (non-hydrogen) atoms. The van der Waals surface area contributed by atoms with Gasteiger partial charge in [-0.05, 0) is 42.7 Å². The zero-order valence-electron chi connectivity index (χ0n) is 11.8. The maximum atomic E-state index is 11.6. The molecule has 2 rings (SSSR count). The number of H-pyrrole nitrogens is 1. The largest absolute Gasteiger partial charge is 0.356 e. The minimum absolute atomic E-state index is 0.0149. The Balaban J connectivity index is 1.62. The van der Waals surface area contributed by atoms with Crippen molar-refractivity contribution in [1.29, 1.82) is 0 Å². The Kier molecular flexibility index (Phi) is 4.80. The highest BCUT2D eigenvalue weighted by atomic mass is 16.1. The number of rotatable bonds is 7. The van der Waals surface area contributed by atoms with E-state index in [-0.39, 0.29) is 5.91 Å². The fraction of sp³-hybridized carbons (Fsp3) is 0.583. The van der Waals surface area contributed by atoms with Crippen LogP contribution >= 0.6 is 0 Å². The lowest BCUT2D eigenvalue weighted by Gasteiger charge is -2.05. The Labute approximate surface area is 117 Å². The van der Waals surface area contributed by atoms with E-state index in [0.29, 0.717) is 19.5 Å². The molecule has 8 nitrogen and oxygen atoms in total. The van der Waals surface area contributed by atoms with Gasteiger partial charge in [0.05, 0.1) is 12.2 Å². The van der Waals surface area contributed by atoms with Gasteiger partial charge in [0.1, 0.15) is 6.33 Å². The lowest BCUT2D eigenvalue weighted by atomic mass is 10.1. The van der Waals surface area contributed by atoms with Crippen LogP contribution in [0.4, 0.5) is 0 Å². The highest BCUT2D eigenvalue weighted by Gasteiger charge is 2.06. The van der Waals surface area contributed by atoms with Gasteiger partial charge in [-0.1, -0.05) is 0 Å². The third kappa shape index (κ3) is 3.87. The summed E-state index contributed by atoms with van der Waals surface area (Å²) in [5.74, 6) is 0.0149. The molecule has 0 spiro atoms. The lowest BCUT2D eigenvalue weighted by Crippen LogP contribution is -2.25.